The second-order valence-electron chi connectivity index (χ2n) is 15.9. The third-order valence-corrected chi connectivity index (χ3v) is 12.4. The number of benzene rings is 9. The summed E-state index contributed by atoms with van der Waals surface area (Å²) in [6.45, 7) is 8.62. The first-order chi connectivity index (χ1) is 31.9. The maximum Gasteiger partial charge on any atom is 0.0645 e. The SMILES string of the molecule is [2H]/C(=C(/c1ccccc1)c1cc([2H])c(N(c2ccc(-c3ccc4ccccc4c3)cc2)c2ccc3c(c2)C(c2ccccc2)(C(C=C)CC=C)c2ccccc2-3)cc1[2H])c1ccccc1. The van der Waals surface area contributed by atoms with Crippen molar-refractivity contribution < 1.29 is 4.11 Å². The molecule has 2 atom stereocenters. The lowest BCUT2D eigenvalue weighted by atomic mass is 9.63. The minimum atomic E-state index is -0.587. The van der Waals surface area contributed by atoms with Crippen LogP contribution < -0.4 is 4.90 Å². The quantitative estimate of drug-likeness (QED) is 0.0879. The zero-order chi connectivity index (χ0) is 44.5. The molecule has 0 N–H and O–H groups in total. The van der Waals surface area contributed by atoms with Crippen LogP contribution in [0.1, 0.15) is 43.9 Å². The summed E-state index contributed by atoms with van der Waals surface area (Å²) in [7, 11) is 0. The second-order valence-corrected chi connectivity index (χ2v) is 15.9. The van der Waals surface area contributed by atoms with E-state index in [1.54, 1.807) is 12.1 Å². The van der Waals surface area contributed by atoms with Gasteiger partial charge in [0.15, 0.2) is 0 Å². The second kappa shape index (κ2) is 16.7. The van der Waals surface area contributed by atoms with Crippen molar-refractivity contribution in [3.05, 3.63) is 283 Å². The Kier molecular flexibility index (Phi) is 9.46. The fourth-order valence-electron chi connectivity index (χ4n) is 9.51. The summed E-state index contributed by atoms with van der Waals surface area (Å²) in [5.41, 5.74) is 12.4. The molecule has 0 spiro atoms. The van der Waals surface area contributed by atoms with Crippen LogP contribution in [0.4, 0.5) is 17.1 Å². The molecule has 9 aromatic rings. The molecule has 296 valence electrons. The molecule has 1 aliphatic carbocycles. The first kappa shape index (κ1) is 35.1. The van der Waals surface area contributed by atoms with Gasteiger partial charge < -0.3 is 4.90 Å². The molecule has 0 saturated heterocycles. The van der Waals surface area contributed by atoms with E-state index < -0.39 is 5.41 Å². The zero-order valence-corrected chi connectivity index (χ0v) is 34.5. The zero-order valence-electron chi connectivity index (χ0n) is 37.5. The van der Waals surface area contributed by atoms with Crippen molar-refractivity contribution in [3.8, 4) is 22.3 Å². The average Bonchev–Trinajstić information content (AvgIpc) is 3.65. The number of rotatable bonds is 12. The molecule has 0 heterocycles. The van der Waals surface area contributed by atoms with E-state index in [2.05, 4.69) is 164 Å². The molecule has 2 unspecified atom stereocenters. The predicted octanol–water partition coefficient (Wildman–Crippen LogP) is 16.3. The van der Waals surface area contributed by atoms with Crippen LogP contribution in [0.25, 0.3) is 44.7 Å². The van der Waals surface area contributed by atoms with E-state index in [-0.39, 0.29) is 18.0 Å². The molecule has 9 aromatic carbocycles. The summed E-state index contributed by atoms with van der Waals surface area (Å²) in [5, 5.41) is 2.38. The summed E-state index contributed by atoms with van der Waals surface area (Å²) in [6, 6.07) is 73.3. The van der Waals surface area contributed by atoms with Crippen LogP contribution in [0.5, 0.6) is 0 Å². The van der Waals surface area contributed by atoms with Gasteiger partial charge in [-0.05, 0) is 133 Å². The van der Waals surface area contributed by atoms with E-state index in [4.69, 9.17) is 0 Å². The minimum Gasteiger partial charge on any atom is -0.310 e. The molecule has 0 amide bonds. The normalized spacial score (nSPS) is 15.6. The van der Waals surface area contributed by atoms with Crippen LogP contribution in [0.2, 0.25) is 0 Å². The van der Waals surface area contributed by atoms with Crippen molar-refractivity contribution in [1.29, 1.82) is 0 Å². The standard InChI is InChI=1S/C61H47N/c1-3-18-51(4-2)61(52-25-12-7-13-26-52)59-28-17-16-27-56(59)57-40-39-55(43-60(57)61)62(53-35-31-46(32-36-53)50-30-29-45-21-14-15-24-49(45)42-50)54-37-33-48(34-38-54)58(47-22-10-6-11-23-47)41-44-19-8-5-9-20-44/h3-17,19-43,51H,1-2,18H2/b58-41+/i33D,38D,41D. The number of fused-ring (bicyclic) bond motifs is 4. The number of anilines is 3. The molecule has 1 heteroatoms. The van der Waals surface area contributed by atoms with Gasteiger partial charge >= 0.3 is 0 Å². The van der Waals surface area contributed by atoms with Gasteiger partial charge in [0.1, 0.15) is 0 Å². The van der Waals surface area contributed by atoms with Gasteiger partial charge in [-0.15, -0.1) is 13.2 Å². The predicted molar refractivity (Wildman–Crippen MR) is 264 cm³/mol. The van der Waals surface area contributed by atoms with E-state index >= 15 is 0 Å². The van der Waals surface area contributed by atoms with Crippen molar-refractivity contribution in [2.75, 3.05) is 4.90 Å². The Labute approximate surface area is 370 Å². The van der Waals surface area contributed by atoms with Gasteiger partial charge in [-0.2, -0.15) is 0 Å². The third-order valence-electron chi connectivity index (χ3n) is 12.4. The smallest absolute Gasteiger partial charge is 0.0645 e. The van der Waals surface area contributed by atoms with Gasteiger partial charge in [-0.3, -0.25) is 0 Å². The molecular weight excluding hydrogens is 747 g/mol. The summed E-state index contributed by atoms with van der Waals surface area (Å²) in [5.74, 6) is -0.0209. The molecule has 10 rings (SSSR count). The summed E-state index contributed by atoms with van der Waals surface area (Å²) in [6.07, 6.45) is 4.79. The van der Waals surface area contributed by atoms with Crippen molar-refractivity contribution in [1.82, 2.24) is 0 Å². The van der Waals surface area contributed by atoms with Gasteiger partial charge in [-0.1, -0.05) is 194 Å². The third kappa shape index (κ3) is 6.88. The van der Waals surface area contributed by atoms with Crippen molar-refractivity contribution in [3.63, 3.8) is 0 Å². The minimum absolute atomic E-state index is 0.0209. The van der Waals surface area contributed by atoms with Crippen molar-refractivity contribution in [2.24, 2.45) is 5.92 Å². The van der Waals surface area contributed by atoms with Crippen LogP contribution in [0.15, 0.2) is 250 Å². The number of hydrogen-bond donors (Lipinski definition) is 0. The van der Waals surface area contributed by atoms with Gasteiger partial charge in [-0.25, -0.2) is 0 Å². The molecule has 0 fully saturated rings. The van der Waals surface area contributed by atoms with Gasteiger partial charge in [0.25, 0.3) is 0 Å². The molecule has 1 nitrogen and oxygen atoms in total. The highest BCUT2D eigenvalue weighted by atomic mass is 15.1. The Morgan fingerprint density at radius 3 is 1.94 bits per heavy atom. The summed E-state index contributed by atoms with van der Waals surface area (Å²) >= 11 is 0. The van der Waals surface area contributed by atoms with E-state index in [9.17, 15) is 4.11 Å². The van der Waals surface area contributed by atoms with Crippen molar-refractivity contribution in [2.45, 2.75) is 11.8 Å². The monoisotopic (exact) mass is 796 g/mol. The van der Waals surface area contributed by atoms with Crippen LogP contribution in [-0.4, -0.2) is 0 Å². The van der Waals surface area contributed by atoms with E-state index in [0.29, 0.717) is 22.9 Å². The lowest BCUT2D eigenvalue weighted by Crippen LogP contribution is -2.35. The van der Waals surface area contributed by atoms with E-state index in [0.717, 1.165) is 51.2 Å². The molecule has 0 aromatic heterocycles. The largest absolute Gasteiger partial charge is 0.310 e. The molecule has 0 saturated carbocycles. The molecular formula is C61H47N. The van der Waals surface area contributed by atoms with Gasteiger partial charge in [0, 0.05) is 17.1 Å². The highest BCUT2D eigenvalue weighted by Crippen LogP contribution is 2.58. The maximum absolute atomic E-state index is 9.88. The maximum atomic E-state index is 9.88. The van der Waals surface area contributed by atoms with E-state index in [1.807, 2.05) is 66.7 Å². The highest BCUT2D eigenvalue weighted by Gasteiger charge is 2.48. The molecule has 0 aliphatic heterocycles. The van der Waals surface area contributed by atoms with E-state index in [1.165, 1.54) is 27.5 Å². The topological polar surface area (TPSA) is 3.24 Å². The Balaban J connectivity index is 1.19. The Bertz CT molecular complexity index is 3250. The summed E-state index contributed by atoms with van der Waals surface area (Å²) in [4.78, 5) is 2.12. The Hall–Kier alpha value is -7.74. The molecule has 62 heavy (non-hydrogen) atoms. The molecule has 0 bridgehead atoms. The number of allylic oxidation sites excluding steroid dienone is 2. The summed E-state index contributed by atoms with van der Waals surface area (Å²) < 4.78 is 29.1. The Morgan fingerprint density at radius 2 is 1.18 bits per heavy atom. The first-order valence-electron chi connectivity index (χ1n) is 22.8. The lowest BCUT2D eigenvalue weighted by Gasteiger charge is -2.39. The Morgan fingerprint density at radius 1 is 0.532 bits per heavy atom. The van der Waals surface area contributed by atoms with Crippen LogP contribution in [0.3, 0.4) is 0 Å². The number of nitrogens with zero attached hydrogens (tertiary/aromatic N) is 1. The van der Waals surface area contributed by atoms with Gasteiger partial charge in [0.2, 0.25) is 0 Å². The van der Waals surface area contributed by atoms with Crippen LogP contribution in [-0.2, 0) is 5.41 Å². The van der Waals surface area contributed by atoms with Crippen LogP contribution >= 0.6 is 0 Å². The number of hydrogen-bond acceptors (Lipinski definition) is 1. The fraction of sp³-hybridized carbons (Fsp3) is 0.0492. The van der Waals surface area contributed by atoms with Crippen molar-refractivity contribution >= 4 is 39.5 Å². The molecule has 0 radical (unpaired) electrons. The van der Waals surface area contributed by atoms with Crippen LogP contribution in [0, 0.1) is 5.92 Å². The first-order valence-corrected chi connectivity index (χ1v) is 21.3. The molecule has 1 aliphatic rings. The highest BCUT2D eigenvalue weighted by molar-refractivity contribution is 5.93. The average molecular weight is 797 g/mol. The lowest BCUT2D eigenvalue weighted by molar-refractivity contribution is 0.461. The van der Waals surface area contributed by atoms with Gasteiger partial charge in [0.05, 0.1) is 9.53 Å². The fourth-order valence-corrected chi connectivity index (χ4v) is 9.51.